The summed E-state index contributed by atoms with van der Waals surface area (Å²) in [6.45, 7) is 1.80. The molecule has 0 saturated heterocycles. The topological polar surface area (TPSA) is 46.5 Å². The van der Waals surface area contributed by atoms with Crippen molar-refractivity contribution >= 4 is 17.6 Å². The second-order valence-electron chi connectivity index (χ2n) is 2.94. The molecule has 0 heterocycles. The van der Waals surface area contributed by atoms with E-state index in [4.69, 9.17) is 11.6 Å². The molecular formula is C10H11ClO3. The van der Waals surface area contributed by atoms with Crippen LogP contribution in [-0.2, 0) is 16.0 Å². The van der Waals surface area contributed by atoms with Gasteiger partial charge in [-0.05, 0) is 18.6 Å². The predicted octanol–water partition coefficient (Wildman–Crippen LogP) is 2.07. The Kier molecular flexibility index (Phi) is 3.36. The van der Waals surface area contributed by atoms with Gasteiger partial charge in [0.15, 0.2) is 0 Å². The van der Waals surface area contributed by atoms with Crippen LogP contribution >= 0.6 is 11.6 Å². The Morgan fingerprint density at radius 2 is 2.21 bits per heavy atom. The number of ether oxygens (including phenoxy) is 1. The van der Waals surface area contributed by atoms with Crippen LogP contribution in [0.2, 0.25) is 5.02 Å². The SMILES string of the molecule is COC(=O)Cc1c(C)ccc(Cl)c1O. The minimum atomic E-state index is -0.398. The highest BCUT2D eigenvalue weighted by Gasteiger charge is 2.12. The highest BCUT2D eigenvalue weighted by molar-refractivity contribution is 6.32. The first kappa shape index (κ1) is 10.9. The van der Waals surface area contributed by atoms with Gasteiger partial charge in [0.05, 0.1) is 18.6 Å². The van der Waals surface area contributed by atoms with Crippen molar-refractivity contribution in [3.63, 3.8) is 0 Å². The first-order chi connectivity index (χ1) is 6.56. The van der Waals surface area contributed by atoms with Crippen LogP contribution in [0.15, 0.2) is 12.1 Å². The van der Waals surface area contributed by atoms with Gasteiger partial charge in [-0.1, -0.05) is 17.7 Å². The second-order valence-corrected chi connectivity index (χ2v) is 3.35. The standard InChI is InChI=1S/C10H11ClO3/c1-6-3-4-8(11)10(13)7(6)5-9(12)14-2/h3-4,13H,5H2,1-2H3. The van der Waals surface area contributed by atoms with Crippen molar-refractivity contribution in [3.8, 4) is 5.75 Å². The molecule has 0 aliphatic rings. The zero-order valence-electron chi connectivity index (χ0n) is 8.00. The van der Waals surface area contributed by atoms with Crippen LogP contribution in [0.25, 0.3) is 0 Å². The summed E-state index contributed by atoms with van der Waals surface area (Å²) in [6.07, 6.45) is 0.0364. The lowest BCUT2D eigenvalue weighted by molar-refractivity contribution is -0.139. The minimum Gasteiger partial charge on any atom is -0.506 e. The van der Waals surface area contributed by atoms with Crippen LogP contribution in [0.1, 0.15) is 11.1 Å². The zero-order chi connectivity index (χ0) is 10.7. The number of hydrogen-bond acceptors (Lipinski definition) is 3. The number of aryl methyl sites for hydroxylation is 1. The third-order valence-corrected chi connectivity index (χ3v) is 2.32. The molecule has 76 valence electrons. The van der Waals surface area contributed by atoms with Crippen LogP contribution in [0, 0.1) is 6.92 Å². The summed E-state index contributed by atoms with van der Waals surface area (Å²) < 4.78 is 4.51. The third kappa shape index (κ3) is 2.17. The van der Waals surface area contributed by atoms with E-state index in [2.05, 4.69) is 4.74 Å². The number of phenolic OH excluding ortho intramolecular Hbond substituents is 1. The average Bonchev–Trinajstić information content (AvgIpc) is 2.18. The van der Waals surface area contributed by atoms with Crippen molar-refractivity contribution in [2.45, 2.75) is 13.3 Å². The van der Waals surface area contributed by atoms with E-state index in [1.54, 1.807) is 19.1 Å². The van der Waals surface area contributed by atoms with Crippen LogP contribution in [0.4, 0.5) is 0 Å². The molecule has 0 radical (unpaired) electrons. The van der Waals surface area contributed by atoms with Gasteiger partial charge in [-0.3, -0.25) is 4.79 Å². The minimum absolute atomic E-state index is 0.0364. The number of benzene rings is 1. The number of carbonyl (C=O) groups excluding carboxylic acids is 1. The lowest BCUT2D eigenvalue weighted by Gasteiger charge is -2.08. The summed E-state index contributed by atoms with van der Waals surface area (Å²) in [7, 11) is 1.30. The molecule has 4 heteroatoms. The van der Waals surface area contributed by atoms with E-state index in [0.29, 0.717) is 5.56 Å². The van der Waals surface area contributed by atoms with Gasteiger partial charge in [0.1, 0.15) is 5.75 Å². The van der Waals surface area contributed by atoms with Gasteiger partial charge in [0, 0.05) is 5.56 Å². The second kappa shape index (κ2) is 4.33. The fourth-order valence-corrected chi connectivity index (χ4v) is 1.33. The highest BCUT2D eigenvalue weighted by atomic mass is 35.5. The highest BCUT2D eigenvalue weighted by Crippen LogP contribution is 2.30. The van der Waals surface area contributed by atoms with Crippen molar-refractivity contribution in [1.29, 1.82) is 0 Å². The third-order valence-electron chi connectivity index (χ3n) is 2.02. The molecule has 1 rings (SSSR count). The maximum Gasteiger partial charge on any atom is 0.310 e. The fraction of sp³-hybridized carbons (Fsp3) is 0.300. The molecular weight excluding hydrogens is 204 g/mol. The van der Waals surface area contributed by atoms with E-state index in [1.807, 2.05) is 0 Å². The van der Waals surface area contributed by atoms with Gasteiger partial charge in [-0.2, -0.15) is 0 Å². The van der Waals surface area contributed by atoms with E-state index >= 15 is 0 Å². The number of hydrogen-bond donors (Lipinski definition) is 1. The van der Waals surface area contributed by atoms with E-state index in [0.717, 1.165) is 5.56 Å². The van der Waals surface area contributed by atoms with Crippen molar-refractivity contribution in [3.05, 3.63) is 28.3 Å². The van der Waals surface area contributed by atoms with Crippen LogP contribution in [0.5, 0.6) is 5.75 Å². The van der Waals surface area contributed by atoms with Crippen LogP contribution in [0.3, 0.4) is 0 Å². The van der Waals surface area contributed by atoms with Crippen molar-refractivity contribution in [2.75, 3.05) is 7.11 Å². The summed E-state index contributed by atoms with van der Waals surface area (Å²) >= 11 is 5.71. The molecule has 0 fully saturated rings. The molecule has 1 aromatic rings. The quantitative estimate of drug-likeness (QED) is 0.767. The molecule has 0 amide bonds. The zero-order valence-corrected chi connectivity index (χ0v) is 8.76. The monoisotopic (exact) mass is 214 g/mol. The van der Waals surface area contributed by atoms with Gasteiger partial charge in [-0.25, -0.2) is 0 Å². The summed E-state index contributed by atoms with van der Waals surface area (Å²) in [6, 6.07) is 3.34. The number of halogens is 1. The Morgan fingerprint density at radius 3 is 2.79 bits per heavy atom. The van der Waals surface area contributed by atoms with Crippen molar-refractivity contribution in [1.82, 2.24) is 0 Å². The molecule has 14 heavy (non-hydrogen) atoms. The fourth-order valence-electron chi connectivity index (χ4n) is 1.15. The Labute approximate surface area is 87.3 Å². The van der Waals surface area contributed by atoms with Gasteiger partial charge in [0.2, 0.25) is 0 Å². The van der Waals surface area contributed by atoms with Crippen molar-refractivity contribution in [2.24, 2.45) is 0 Å². The lowest BCUT2D eigenvalue weighted by atomic mass is 10.0. The first-order valence-electron chi connectivity index (χ1n) is 4.10. The molecule has 0 saturated carbocycles. The van der Waals surface area contributed by atoms with E-state index < -0.39 is 5.97 Å². The predicted molar refractivity (Wildman–Crippen MR) is 53.6 cm³/mol. The van der Waals surface area contributed by atoms with Crippen LogP contribution in [-0.4, -0.2) is 18.2 Å². The molecule has 0 spiro atoms. The molecule has 3 nitrogen and oxygen atoms in total. The number of esters is 1. The molecule has 0 aromatic heterocycles. The molecule has 1 N–H and O–H groups in total. The molecule has 0 unspecified atom stereocenters. The Balaban J connectivity index is 3.06. The van der Waals surface area contributed by atoms with E-state index in [1.165, 1.54) is 7.11 Å². The maximum absolute atomic E-state index is 11.0. The number of methoxy groups -OCH3 is 1. The summed E-state index contributed by atoms with van der Waals surface area (Å²) in [5.41, 5.74) is 1.33. The summed E-state index contributed by atoms with van der Waals surface area (Å²) in [4.78, 5) is 11.0. The van der Waals surface area contributed by atoms with E-state index in [-0.39, 0.29) is 17.2 Å². The lowest BCUT2D eigenvalue weighted by Crippen LogP contribution is -2.06. The Hall–Kier alpha value is -1.22. The molecule has 0 aliphatic carbocycles. The number of aromatic hydroxyl groups is 1. The number of rotatable bonds is 2. The van der Waals surface area contributed by atoms with Gasteiger partial charge in [-0.15, -0.1) is 0 Å². The molecule has 0 atom stereocenters. The number of phenols is 1. The van der Waals surface area contributed by atoms with Gasteiger partial charge < -0.3 is 9.84 Å². The summed E-state index contributed by atoms with van der Waals surface area (Å²) in [5, 5.41) is 9.83. The normalized spacial score (nSPS) is 9.93. The van der Waals surface area contributed by atoms with Crippen molar-refractivity contribution < 1.29 is 14.6 Å². The van der Waals surface area contributed by atoms with Gasteiger partial charge >= 0.3 is 5.97 Å². The Bertz CT molecular complexity index is 361. The largest absolute Gasteiger partial charge is 0.506 e. The smallest absolute Gasteiger partial charge is 0.310 e. The molecule has 0 aliphatic heterocycles. The van der Waals surface area contributed by atoms with Gasteiger partial charge in [0.25, 0.3) is 0 Å². The summed E-state index contributed by atoms with van der Waals surface area (Å²) in [5.74, 6) is -0.442. The molecule has 1 aromatic carbocycles. The Morgan fingerprint density at radius 1 is 1.57 bits per heavy atom. The molecule has 0 bridgehead atoms. The average molecular weight is 215 g/mol. The van der Waals surface area contributed by atoms with Crippen LogP contribution < -0.4 is 0 Å². The maximum atomic E-state index is 11.0. The van der Waals surface area contributed by atoms with E-state index in [9.17, 15) is 9.90 Å². The first-order valence-corrected chi connectivity index (χ1v) is 4.47. The number of carbonyl (C=O) groups is 1.